The molecular formula is C16H21N3O3. The summed E-state index contributed by atoms with van der Waals surface area (Å²) in [5.74, 6) is -0.0647. The number of amides is 2. The van der Waals surface area contributed by atoms with E-state index in [1.165, 1.54) is 6.20 Å². The van der Waals surface area contributed by atoms with Crippen LogP contribution in [-0.2, 0) is 9.53 Å². The molecule has 6 nitrogen and oxygen atoms in total. The van der Waals surface area contributed by atoms with Gasteiger partial charge in [-0.2, -0.15) is 0 Å². The van der Waals surface area contributed by atoms with Crippen molar-refractivity contribution in [3.8, 4) is 0 Å². The van der Waals surface area contributed by atoms with E-state index in [4.69, 9.17) is 10.5 Å². The lowest BCUT2D eigenvalue weighted by Crippen LogP contribution is -2.44. The molecule has 22 heavy (non-hydrogen) atoms. The second kappa shape index (κ2) is 6.44. The third kappa shape index (κ3) is 3.11. The van der Waals surface area contributed by atoms with Crippen molar-refractivity contribution in [2.24, 2.45) is 11.7 Å². The molecule has 2 aliphatic rings. The maximum atomic E-state index is 12.5. The number of pyridine rings is 1. The molecule has 1 aliphatic heterocycles. The Morgan fingerprint density at radius 1 is 1.27 bits per heavy atom. The topological polar surface area (TPSA) is 85.5 Å². The van der Waals surface area contributed by atoms with Crippen molar-refractivity contribution in [3.05, 3.63) is 29.6 Å². The van der Waals surface area contributed by atoms with Crippen LogP contribution >= 0.6 is 0 Å². The van der Waals surface area contributed by atoms with Crippen molar-refractivity contribution in [2.45, 2.75) is 31.8 Å². The van der Waals surface area contributed by atoms with E-state index in [2.05, 4.69) is 4.98 Å². The van der Waals surface area contributed by atoms with Gasteiger partial charge < -0.3 is 15.4 Å². The Balaban J connectivity index is 1.67. The fourth-order valence-corrected chi connectivity index (χ4v) is 3.20. The highest BCUT2D eigenvalue weighted by Gasteiger charge is 2.31. The number of primary amides is 1. The van der Waals surface area contributed by atoms with Gasteiger partial charge in [-0.15, -0.1) is 0 Å². The van der Waals surface area contributed by atoms with Crippen molar-refractivity contribution < 1.29 is 14.3 Å². The van der Waals surface area contributed by atoms with E-state index in [0.29, 0.717) is 25.3 Å². The molecule has 0 spiro atoms. The standard InChI is InChI=1S/C16H21N3O3/c17-15(20)12-5-6-13(18-9-12)14-10-19(7-8-22-14)16(21)11-3-1-2-4-11/h5-6,9,11,14H,1-4,7-8,10H2,(H2,17,20)/t14-/m0/s1. The predicted octanol–water partition coefficient (Wildman–Crippen LogP) is 1.27. The Morgan fingerprint density at radius 3 is 2.68 bits per heavy atom. The zero-order chi connectivity index (χ0) is 15.5. The molecule has 6 heteroatoms. The number of rotatable bonds is 3. The number of nitrogens with zero attached hydrogens (tertiary/aromatic N) is 2. The molecule has 2 N–H and O–H groups in total. The quantitative estimate of drug-likeness (QED) is 0.911. The van der Waals surface area contributed by atoms with Gasteiger partial charge >= 0.3 is 0 Å². The molecule has 3 rings (SSSR count). The third-order valence-corrected chi connectivity index (χ3v) is 4.48. The van der Waals surface area contributed by atoms with Crippen LogP contribution in [0.15, 0.2) is 18.3 Å². The number of carbonyl (C=O) groups is 2. The normalized spacial score (nSPS) is 22.7. The van der Waals surface area contributed by atoms with E-state index in [0.717, 1.165) is 31.4 Å². The number of hydrogen-bond acceptors (Lipinski definition) is 4. The van der Waals surface area contributed by atoms with Crippen molar-refractivity contribution in [2.75, 3.05) is 19.7 Å². The summed E-state index contributed by atoms with van der Waals surface area (Å²) in [4.78, 5) is 29.7. The number of hydrogen-bond donors (Lipinski definition) is 1. The van der Waals surface area contributed by atoms with E-state index in [9.17, 15) is 9.59 Å². The fourth-order valence-electron chi connectivity index (χ4n) is 3.20. The van der Waals surface area contributed by atoms with Crippen LogP contribution in [0.5, 0.6) is 0 Å². The fraction of sp³-hybridized carbons (Fsp3) is 0.562. The zero-order valence-corrected chi connectivity index (χ0v) is 12.5. The van der Waals surface area contributed by atoms with Gasteiger partial charge in [0.25, 0.3) is 0 Å². The van der Waals surface area contributed by atoms with Gasteiger partial charge in [-0.25, -0.2) is 0 Å². The smallest absolute Gasteiger partial charge is 0.250 e. The first-order chi connectivity index (χ1) is 10.6. The summed E-state index contributed by atoms with van der Waals surface area (Å²) in [5.41, 5.74) is 6.31. The van der Waals surface area contributed by atoms with Crippen molar-refractivity contribution in [1.82, 2.24) is 9.88 Å². The van der Waals surface area contributed by atoms with Crippen LogP contribution in [0.2, 0.25) is 0 Å². The number of morpholine rings is 1. The van der Waals surface area contributed by atoms with Gasteiger partial charge in [0, 0.05) is 18.7 Å². The van der Waals surface area contributed by atoms with Crippen LogP contribution in [0.25, 0.3) is 0 Å². The molecule has 0 aromatic carbocycles. The highest BCUT2D eigenvalue weighted by atomic mass is 16.5. The average molecular weight is 303 g/mol. The summed E-state index contributed by atoms with van der Waals surface area (Å²) in [7, 11) is 0. The van der Waals surface area contributed by atoms with Gasteiger partial charge in [0.15, 0.2) is 0 Å². The summed E-state index contributed by atoms with van der Waals surface area (Å²) >= 11 is 0. The first-order valence-electron chi connectivity index (χ1n) is 7.81. The van der Waals surface area contributed by atoms with E-state index >= 15 is 0 Å². The van der Waals surface area contributed by atoms with E-state index in [1.807, 2.05) is 4.90 Å². The minimum absolute atomic E-state index is 0.184. The summed E-state index contributed by atoms with van der Waals surface area (Å²) in [5, 5.41) is 0. The van der Waals surface area contributed by atoms with Crippen LogP contribution in [0.1, 0.15) is 47.8 Å². The summed E-state index contributed by atoms with van der Waals surface area (Å²) in [6.07, 6.45) is 5.54. The second-order valence-electron chi connectivity index (χ2n) is 5.96. The maximum Gasteiger partial charge on any atom is 0.250 e. The van der Waals surface area contributed by atoms with Crippen LogP contribution in [0.4, 0.5) is 0 Å². The molecule has 1 saturated heterocycles. The number of ether oxygens (including phenoxy) is 1. The van der Waals surface area contributed by atoms with Gasteiger partial charge in [-0.3, -0.25) is 14.6 Å². The van der Waals surface area contributed by atoms with Crippen molar-refractivity contribution in [1.29, 1.82) is 0 Å². The van der Waals surface area contributed by atoms with Crippen LogP contribution in [-0.4, -0.2) is 41.4 Å². The maximum absolute atomic E-state index is 12.5. The SMILES string of the molecule is NC(=O)c1ccc([C@@H]2CN(C(=O)C3CCCC3)CCO2)nc1. The monoisotopic (exact) mass is 303 g/mol. The summed E-state index contributed by atoms with van der Waals surface area (Å²) < 4.78 is 5.73. The largest absolute Gasteiger partial charge is 0.368 e. The lowest BCUT2D eigenvalue weighted by atomic mass is 10.1. The van der Waals surface area contributed by atoms with Gasteiger partial charge in [0.1, 0.15) is 6.10 Å². The van der Waals surface area contributed by atoms with Crippen molar-refractivity contribution in [3.63, 3.8) is 0 Å². The number of aromatic nitrogens is 1. The Bertz CT molecular complexity index is 552. The molecule has 1 atom stereocenters. The molecule has 1 aromatic heterocycles. The third-order valence-electron chi connectivity index (χ3n) is 4.48. The van der Waals surface area contributed by atoms with E-state index < -0.39 is 5.91 Å². The van der Waals surface area contributed by atoms with Gasteiger partial charge in [-0.1, -0.05) is 12.8 Å². The highest BCUT2D eigenvalue weighted by molar-refractivity contribution is 5.92. The van der Waals surface area contributed by atoms with Crippen LogP contribution in [0.3, 0.4) is 0 Å². The molecule has 1 aliphatic carbocycles. The molecular weight excluding hydrogens is 282 g/mol. The molecule has 0 unspecified atom stereocenters. The Morgan fingerprint density at radius 2 is 2.05 bits per heavy atom. The molecule has 2 heterocycles. The Hall–Kier alpha value is -1.95. The first kappa shape index (κ1) is 15.0. The average Bonchev–Trinajstić information content (AvgIpc) is 3.09. The predicted molar refractivity (Wildman–Crippen MR) is 80.0 cm³/mol. The molecule has 2 fully saturated rings. The molecule has 1 aromatic rings. The van der Waals surface area contributed by atoms with E-state index in [-0.39, 0.29) is 17.9 Å². The number of nitrogens with two attached hydrogens (primary N) is 1. The van der Waals surface area contributed by atoms with Gasteiger partial charge in [0.05, 0.1) is 24.4 Å². The minimum atomic E-state index is -0.498. The van der Waals surface area contributed by atoms with Crippen molar-refractivity contribution >= 4 is 11.8 Å². The summed E-state index contributed by atoms with van der Waals surface area (Å²) in [6, 6.07) is 3.39. The Kier molecular flexibility index (Phi) is 4.38. The van der Waals surface area contributed by atoms with Gasteiger partial charge in [-0.05, 0) is 25.0 Å². The molecule has 2 amide bonds. The molecule has 1 saturated carbocycles. The highest BCUT2D eigenvalue weighted by Crippen LogP contribution is 2.29. The number of carbonyl (C=O) groups excluding carboxylic acids is 2. The molecule has 0 bridgehead atoms. The van der Waals surface area contributed by atoms with Gasteiger partial charge in [0.2, 0.25) is 11.8 Å². The van der Waals surface area contributed by atoms with Crippen LogP contribution < -0.4 is 5.73 Å². The first-order valence-corrected chi connectivity index (χ1v) is 7.81. The second-order valence-corrected chi connectivity index (χ2v) is 5.96. The lowest BCUT2D eigenvalue weighted by Gasteiger charge is -2.34. The Labute approximate surface area is 129 Å². The van der Waals surface area contributed by atoms with E-state index in [1.54, 1.807) is 12.1 Å². The minimum Gasteiger partial charge on any atom is -0.368 e. The lowest BCUT2D eigenvalue weighted by molar-refractivity contribution is -0.143. The zero-order valence-electron chi connectivity index (χ0n) is 12.5. The molecule has 118 valence electrons. The van der Waals surface area contributed by atoms with Crippen LogP contribution in [0, 0.1) is 5.92 Å². The summed E-state index contributed by atoms with van der Waals surface area (Å²) in [6.45, 7) is 1.69. The molecule has 0 radical (unpaired) electrons.